The van der Waals surface area contributed by atoms with Crippen LogP contribution in [0.1, 0.15) is 5.56 Å². The summed E-state index contributed by atoms with van der Waals surface area (Å²) >= 11 is 3.39. The molecule has 0 bridgehead atoms. The first kappa shape index (κ1) is 19.1. The summed E-state index contributed by atoms with van der Waals surface area (Å²) in [5, 5.41) is 9.97. The molecule has 0 saturated carbocycles. The number of fused-ring (bicyclic) bond motifs is 1. The summed E-state index contributed by atoms with van der Waals surface area (Å²) < 4.78 is 21.3. The molecule has 2 N–H and O–H groups in total. The Kier molecular flexibility index (Phi) is 5.90. The number of aromatic nitrogens is 3. The maximum atomic E-state index is 13.9. The lowest BCUT2D eigenvalue weighted by atomic mass is 9.98. The van der Waals surface area contributed by atoms with Crippen LogP contribution in [0.15, 0.2) is 41.1 Å². The minimum absolute atomic E-state index is 0.134. The Morgan fingerprint density at radius 3 is 2.93 bits per heavy atom. The average molecular weight is 436 g/mol. The number of anilines is 1. The number of ether oxygens (including phenoxy) is 1. The van der Waals surface area contributed by atoms with Crippen molar-refractivity contribution in [3.05, 3.63) is 52.5 Å². The summed E-state index contributed by atoms with van der Waals surface area (Å²) in [6, 6.07) is 6.49. The zero-order valence-electron chi connectivity index (χ0n) is 14.9. The summed E-state index contributed by atoms with van der Waals surface area (Å²) in [6.07, 6.45) is 3.83. The number of halogens is 2. The molecule has 2 heterocycles. The maximum absolute atomic E-state index is 13.9. The molecule has 0 radical (unpaired) electrons. The second-order valence-corrected chi connectivity index (χ2v) is 6.79. The third-order valence-corrected chi connectivity index (χ3v) is 4.73. The van der Waals surface area contributed by atoms with Crippen LogP contribution >= 0.6 is 15.9 Å². The van der Waals surface area contributed by atoms with Crippen LogP contribution in [-0.4, -0.2) is 41.2 Å². The van der Waals surface area contributed by atoms with Gasteiger partial charge in [0.1, 0.15) is 5.82 Å². The van der Waals surface area contributed by atoms with Gasteiger partial charge in [0.2, 0.25) is 5.91 Å². The van der Waals surface area contributed by atoms with Crippen LogP contribution in [0.25, 0.3) is 5.65 Å². The number of hydrogen-bond acceptors (Lipinski definition) is 5. The van der Waals surface area contributed by atoms with Gasteiger partial charge in [-0.05, 0) is 46.1 Å². The molecule has 3 aromatic rings. The van der Waals surface area contributed by atoms with Crippen molar-refractivity contribution in [2.24, 2.45) is 5.92 Å². The largest absolute Gasteiger partial charge is 0.494 e. The Morgan fingerprint density at radius 2 is 2.22 bits per heavy atom. The monoisotopic (exact) mass is 435 g/mol. The minimum Gasteiger partial charge on any atom is -0.494 e. The van der Waals surface area contributed by atoms with Gasteiger partial charge < -0.3 is 15.4 Å². The Balaban J connectivity index is 1.73. The number of amides is 1. The van der Waals surface area contributed by atoms with E-state index in [1.807, 2.05) is 0 Å². The predicted molar refractivity (Wildman–Crippen MR) is 103 cm³/mol. The van der Waals surface area contributed by atoms with Crippen LogP contribution in [0, 0.1) is 11.7 Å². The molecule has 2 aromatic heterocycles. The highest BCUT2D eigenvalue weighted by Gasteiger charge is 2.19. The molecule has 0 spiro atoms. The smallest absolute Gasteiger partial charge is 0.224 e. The van der Waals surface area contributed by atoms with Crippen LogP contribution in [0.3, 0.4) is 0 Å². The lowest BCUT2D eigenvalue weighted by Gasteiger charge is -2.17. The fraction of sp³-hybridized carbons (Fsp3) is 0.278. The van der Waals surface area contributed by atoms with Crippen molar-refractivity contribution >= 4 is 33.3 Å². The average Bonchev–Trinajstić information content (AvgIpc) is 3.05. The number of carbonyl (C=O) groups excluding carboxylic acids is 1. The fourth-order valence-electron chi connectivity index (χ4n) is 2.75. The minimum atomic E-state index is -0.448. The van der Waals surface area contributed by atoms with Crippen molar-refractivity contribution in [1.82, 2.24) is 19.9 Å². The number of carbonyl (C=O) groups is 1. The van der Waals surface area contributed by atoms with Crippen molar-refractivity contribution in [3.8, 4) is 5.75 Å². The first-order chi connectivity index (χ1) is 13.0. The molecule has 27 heavy (non-hydrogen) atoms. The van der Waals surface area contributed by atoms with Gasteiger partial charge in [0.15, 0.2) is 17.2 Å². The normalized spacial score (nSPS) is 12.0. The molecule has 9 heteroatoms. The molecule has 1 atom stereocenters. The number of methoxy groups -OCH3 is 1. The zero-order valence-corrected chi connectivity index (χ0v) is 16.5. The third kappa shape index (κ3) is 4.36. The Morgan fingerprint density at radius 1 is 1.41 bits per heavy atom. The first-order valence-corrected chi connectivity index (χ1v) is 9.09. The molecule has 1 unspecified atom stereocenters. The Hall–Kier alpha value is -2.68. The number of rotatable bonds is 7. The second kappa shape index (κ2) is 8.34. The number of nitrogens with one attached hydrogen (secondary N) is 2. The van der Waals surface area contributed by atoms with Gasteiger partial charge in [0.05, 0.1) is 23.7 Å². The summed E-state index contributed by atoms with van der Waals surface area (Å²) in [7, 11) is 3.00. The molecule has 1 amide bonds. The van der Waals surface area contributed by atoms with Gasteiger partial charge in [0.25, 0.3) is 0 Å². The summed E-state index contributed by atoms with van der Waals surface area (Å²) in [5.74, 6) is -0.174. The van der Waals surface area contributed by atoms with Crippen LogP contribution in [-0.2, 0) is 11.2 Å². The zero-order chi connectivity index (χ0) is 19.4. The Labute approximate surface area is 164 Å². The van der Waals surface area contributed by atoms with Gasteiger partial charge in [-0.15, -0.1) is 0 Å². The van der Waals surface area contributed by atoms with E-state index in [0.29, 0.717) is 30.0 Å². The van der Waals surface area contributed by atoms with E-state index in [4.69, 9.17) is 4.74 Å². The van der Waals surface area contributed by atoms with E-state index in [0.717, 1.165) is 4.47 Å². The lowest BCUT2D eigenvalue weighted by Crippen LogP contribution is -2.33. The third-order valence-electron chi connectivity index (χ3n) is 4.17. The van der Waals surface area contributed by atoms with Crippen LogP contribution < -0.4 is 15.4 Å². The highest BCUT2D eigenvalue weighted by Crippen LogP contribution is 2.21. The van der Waals surface area contributed by atoms with Gasteiger partial charge in [-0.25, -0.2) is 13.9 Å². The number of hydrogen-bond donors (Lipinski definition) is 2. The molecule has 3 rings (SSSR count). The van der Waals surface area contributed by atoms with Crippen molar-refractivity contribution in [2.45, 2.75) is 6.42 Å². The van der Waals surface area contributed by atoms with E-state index >= 15 is 0 Å². The standard InChI is InChI=1S/C18H19BrFN5O2/c1-21-18(26)12(7-11-3-4-15(27-2)14(20)8-11)9-22-16-5-6-25-17(24-16)13(19)10-23-25/h3-6,8,10,12H,7,9H2,1-2H3,(H,21,26)(H,22,24). The van der Waals surface area contributed by atoms with E-state index in [9.17, 15) is 9.18 Å². The molecule has 0 aliphatic rings. The first-order valence-electron chi connectivity index (χ1n) is 8.29. The maximum Gasteiger partial charge on any atom is 0.224 e. The van der Waals surface area contributed by atoms with Crippen LogP contribution in [0.2, 0.25) is 0 Å². The van der Waals surface area contributed by atoms with Crippen molar-refractivity contribution in [3.63, 3.8) is 0 Å². The Bertz CT molecular complexity index is 962. The molecule has 0 aliphatic heterocycles. The number of benzene rings is 1. The molecule has 0 aliphatic carbocycles. The van der Waals surface area contributed by atoms with E-state index in [-0.39, 0.29) is 11.7 Å². The van der Waals surface area contributed by atoms with E-state index in [1.165, 1.54) is 13.2 Å². The SMILES string of the molecule is CNC(=O)C(CNc1ccn2ncc(Br)c2n1)Cc1ccc(OC)c(F)c1. The number of nitrogens with zero attached hydrogens (tertiary/aromatic N) is 3. The summed E-state index contributed by atoms with van der Waals surface area (Å²) in [5.41, 5.74) is 1.39. The molecule has 1 aromatic carbocycles. The molecular weight excluding hydrogens is 417 g/mol. The van der Waals surface area contributed by atoms with Gasteiger partial charge in [0, 0.05) is 19.8 Å². The highest BCUT2D eigenvalue weighted by molar-refractivity contribution is 9.10. The van der Waals surface area contributed by atoms with Gasteiger partial charge >= 0.3 is 0 Å². The summed E-state index contributed by atoms with van der Waals surface area (Å²) in [6.45, 7) is 0.349. The molecule has 0 fully saturated rings. The van der Waals surface area contributed by atoms with Crippen LogP contribution in [0.4, 0.5) is 10.2 Å². The lowest BCUT2D eigenvalue weighted by molar-refractivity contribution is -0.124. The van der Waals surface area contributed by atoms with E-state index in [1.54, 1.807) is 42.2 Å². The molecule has 142 valence electrons. The topological polar surface area (TPSA) is 80.6 Å². The summed E-state index contributed by atoms with van der Waals surface area (Å²) in [4.78, 5) is 16.7. The highest BCUT2D eigenvalue weighted by atomic mass is 79.9. The van der Waals surface area contributed by atoms with Crippen molar-refractivity contribution in [1.29, 1.82) is 0 Å². The van der Waals surface area contributed by atoms with E-state index in [2.05, 4.69) is 36.6 Å². The second-order valence-electron chi connectivity index (χ2n) is 5.94. The van der Waals surface area contributed by atoms with Crippen molar-refractivity contribution in [2.75, 3.05) is 26.0 Å². The molecular formula is C18H19BrFN5O2. The molecule has 0 saturated heterocycles. The molecule has 7 nitrogen and oxygen atoms in total. The van der Waals surface area contributed by atoms with Crippen LogP contribution in [0.5, 0.6) is 5.75 Å². The predicted octanol–water partition coefficient (Wildman–Crippen LogP) is 2.66. The quantitative estimate of drug-likeness (QED) is 0.596. The van der Waals surface area contributed by atoms with Crippen molar-refractivity contribution < 1.29 is 13.9 Å². The fourth-order valence-corrected chi connectivity index (χ4v) is 3.11. The van der Waals surface area contributed by atoms with E-state index < -0.39 is 11.7 Å². The van der Waals surface area contributed by atoms with Gasteiger partial charge in [-0.2, -0.15) is 5.10 Å². The van der Waals surface area contributed by atoms with Gasteiger partial charge in [-0.1, -0.05) is 6.07 Å². The van der Waals surface area contributed by atoms with Gasteiger partial charge in [-0.3, -0.25) is 4.79 Å².